The smallest absolute Gasteiger partial charge is 0.167 e. The molecule has 8 heteroatoms. The Labute approximate surface area is 170 Å². The Hall–Kier alpha value is -2.73. The molecule has 0 amide bonds. The summed E-state index contributed by atoms with van der Waals surface area (Å²) in [4.78, 5) is 15.1. The van der Waals surface area contributed by atoms with Crippen molar-refractivity contribution in [3.63, 3.8) is 0 Å². The molecule has 154 valence electrons. The maximum Gasteiger partial charge on any atom is 0.167 e. The number of hydrogen-bond donors (Lipinski definition) is 1. The first kappa shape index (κ1) is 21.0. The molecule has 2 aromatic heterocycles. The lowest BCUT2D eigenvalue weighted by Gasteiger charge is -2.15. The van der Waals surface area contributed by atoms with Crippen molar-refractivity contribution in [2.75, 3.05) is 27.3 Å². The topological polar surface area (TPSA) is 85.0 Å². The minimum Gasteiger partial charge on any atom is -0.394 e. The maximum absolute atomic E-state index is 9.69. The van der Waals surface area contributed by atoms with Crippen LogP contribution in [0.25, 0.3) is 11.0 Å². The van der Waals surface area contributed by atoms with Crippen molar-refractivity contribution in [2.45, 2.75) is 38.2 Å². The van der Waals surface area contributed by atoms with Gasteiger partial charge in [-0.25, -0.2) is 15.0 Å². The standard InChI is InChI=1S/C21H27N5O3/c1-5-7-8-15-11-26(18-10-16(28-9-6-2)17(12-27)29-18)21-19(15)20(22-13-23-21)24-14-25(3)4/h6,11,13-14,16-18,27H,2,5,9-10,12H2,1,3-4H3/b24-14+. The Kier molecular flexibility index (Phi) is 6.99. The average molecular weight is 397 g/mol. The van der Waals surface area contributed by atoms with Crippen molar-refractivity contribution in [1.29, 1.82) is 0 Å². The molecule has 3 atom stereocenters. The van der Waals surface area contributed by atoms with Crippen molar-refractivity contribution in [3.8, 4) is 11.8 Å². The second-order valence-corrected chi connectivity index (χ2v) is 6.92. The minimum atomic E-state index is -0.407. The Morgan fingerprint density at radius 3 is 3.00 bits per heavy atom. The molecular formula is C21H27N5O3. The second-order valence-electron chi connectivity index (χ2n) is 6.92. The largest absolute Gasteiger partial charge is 0.394 e. The van der Waals surface area contributed by atoms with Crippen LogP contribution in [-0.4, -0.2) is 70.4 Å². The summed E-state index contributed by atoms with van der Waals surface area (Å²) in [5.41, 5.74) is 1.49. The summed E-state index contributed by atoms with van der Waals surface area (Å²) in [5, 5.41) is 10.5. The summed E-state index contributed by atoms with van der Waals surface area (Å²) in [6.07, 6.45) is 7.16. The van der Waals surface area contributed by atoms with Gasteiger partial charge in [0, 0.05) is 33.1 Å². The molecule has 1 N–H and O–H groups in total. The molecule has 0 aliphatic carbocycles. The van der Waals surface area contributed by atoms with Gasteiger partial charge in [-0.2, -0.15) is 0 Å². The van der Waals surface area contributed by atoms with Crippen molar-refractivity contribution in [2.24, 2.45) is 4.99 Å². The van der Waals surface area contributed by atoms with E-state index in [0.717, 1.165) is 17.4 Å². The molecule has 8 nitrogen and oxygen atoms in total. The second kappa shape index (κ2) is 9.65. The summed E-state index contributed by atoms with van der Waals surface area (Å²) >= 11 is 0. The predicted molar refractivity (Wildman–Crippen MR) is 112 cm³/mol. The van der Waals surface area contributed by atoms with Crippen LogP contribution in [0.2, 0.25) is 0 Å². The number of aliphatic hydroxyl groups excluding tert-OH is 1. The molecule has 0 saturated carbocycles. The average Bonchev–Trinajstić information content (AvgIpc) is 3.30. The molecule has 0 bridgehead atoms. The van der Waals surface area contributed by atoms with Crippen molar-refractivity contribution in [1.82, 2.24) is 19.4 Å². The van der Waals surface area contributed by atoms with E-state index in [2.05, 4.69) is 33.4 Å². The van der Waals surface area contributed by atoms with E-state index >= 15 is 0 Å². The van der Waals surface area contributed by atoms with Gasteiger partial charge in [0.05, 0.1) is 36.6 Å². The number of aromatic nitrogens is 3. The van der Waals surface area contributed by atoms with Gasteiger partial charge in [-0.3, -0.25) is 0 Å². The highest BCUT2D eigenvalue weighted by atomic mass is 16.6. The van der Waals surface area contributed by atoms with Gasteiger partial charge in [0.25, 0.3) is 0 Å². The molecule has 1 fully saturated rings. The van der Waals surface area contributed by atoms with Crippen LogP contribution >= 0.6 is 0 Å². The first-order chi connectivity index (χ1) is 14.1. The summed E-state index contributed by atoms with van der Waals surface area (Å²) < 4.78 is 13.8. The molecule has 1 aliphatic rings. The molecular weight excluding hydrogens is 370 g/mol. The van der Waals surface area contributed by atoms with Crippen LogP contribution in [0.5, 0.6) is 0 Å². The van der Waals surface area contributed by atoms with Crippen LogP contribution in [-0.2, 0) is 9.47 Å². The van der Waals surface area contributed by atoms with E-state index in [9.17, 15) is 5.11 Å². The highest BCUT2D eigenvalue weighted by Gasteiger charge is 2.37. The van der Waals surface area contributed by atoms with Gasteiger partial charge >= 0.3 is 0 Å². The number of fused-ring (bicyclic) bond motifs is 1. The lowest BCUT2D eigenvalue weighted by molar-refractivity contribution is -0.0560. The molecule has 1 aliphatic heterocycles. The van der Waals surface area contributed by atoms with Crippen LogP contribution in [0, 0.1) is 11.8 Å². The lowest BCUT2D eigenvalue weighted by atomic mass is 10.2. The Bertz CT molecular complexity index is 941. The monoisotopic (exact) mass is 397 g/mol. The number of aliphatic imine (C=N–C) groups is 1. The first-order valence-electron chi connectivity index (χ1n) is 9.62. The molecule has 3 heterocycles. The third-order valence-corrected chi connectivity index (χ3v) is 4.50. The predicted octanol–water partition coefficient (Wildman–Crippen LogP) is 2.27. The van der Waals surface area contributed by atoms with E-state index in [1.807, 2.05) is 36.7 Å². The van der Waals surface area contributed by atoms with Gasteiger partial charge in [-0.1, -0.05) is 24.8 Å². The van der Waals surface area contributed by atoms with Gasteiger partial charge in [-0.15, -0.1) is 6.58 Å². The Balaban J connectivity index is 2.05. The fourth-order valence-corrected chi connectivity index (χ4v) is 3.24. The molecule has 0 spiro atoms. The fourth-order valence-electron chi connectivity index (χ4n) is 3.24. The molecule has 3 unspecified atom stereocenters. The summed E-state index contributed by atoms with van der Waals surface area (Å²) in [6, 6.07) is 0. The van der Waals surface area contributed by atoms with E-state index in [4.69, 9.17) is 9.47 Å². The van der Waals surface area contributed by atoms with E-state index < -0.39 is 6.10 Å². The van der Waals surface area contributed by atoms with Gasteiger partial charge in [0.2, 0.25) is 0 Å². The minimum absolute atomic E-state index is 0.118. The molecule has 0 aromatic carbocycles. The summed E-state index contributed by atoms with van der Waals surface area (Å²) in [6.45, 7) is 5.97. The van der Waals surface area contributed by atoms with E-state index in [-0.39, 0.29) is 18.9 Å². The zero-order valence-electron chi connectivity index (χ0n) is 17.1. The number of aliphatic hydroxyl groups is 1. The van der Waals surface area contributed by atoms with Crippen molar-refractivity contribution >= 4 is 23.2 Å². The van der Waals surface area contributed by atoms with Crippen molar-refractivity contribution < 1.29 is 14.6 Å². The number of ether oxygens (including phenoxy) is 2. The Morgan fingerprint density at radius 1 is 1.48 bits per heavy atom. The lowest BCUT2D eigenvalue weighted by Crippen LogP contribution is -2.27. The zero-order valence-corrected chi connectivity index (χ0v) is 17.1. The highest BCUT2D eigenvalue weighted by Crippen LogP contribution is 2.36. The SMILES string of the molecule is C=CCOC1CC(n2cc(C#CCC)c3c(/N=C/N(C)C)ncnc32)OC1CO. The quantitative estimate of drug-likeness (QED) is 0.334. The molecule has 29 heavy (non-hydrogen) atoms. The molecule has 3 rings (SSSR count). The fraction of sp³-hybridized carbons (Fsp3) is 0.476. The number of nitrogens with zero attached hydrogens (tertiary/aromatic N) is 5. The van der Waals surface area contributed by atoms with Gasteiger partial charge < -0.3 is 24.0 Å². The van der Waals surface area contributed by atoms with Crippen LogP contribution in [0.3, 0.4) is 0 Å². The third-order valence-electron chi connectivity index (χ3n) is 4.50. The normalized spacial score (nSPS) is 21.4. The number of hydrogen-bond acceptors (Lipinski definition) is 6. The van der Waals surface area contributed by atoms with E-state index in [0.29, 0.717) is 24.5 Å². The van der Waals surface area contributed by atoms with Gasteiger partial charge in [0.1, 0.15) is 24.3 Å². The van der Waals surface area contributed by atoms with Crippen LogP contribution < -0.4 is 0 Å². The Morgan fingerprint density at radius 2 is 2.31 bits per heavy atom. The maximum atomic E-state index is 9.69. The molecule has 1 saturated heterocycles. The van der Waals surface area contributed by atoms with Crippen LogP contribution in [0.1, 0.15) is 31.6 Å². The summed E-state index contributed by atoms with van der Waals surface area (Å²) in [5.74, 6) is 6.86. The van der Waals surface area contributed by atoms with Crippen LogP contribution in [0.15, 0.2) is 30.2 Å². The molecule has 2 aromatic rings. The molecule has 0 radical (unpaired) electrons. The van der Waals surface area contributed by atoms with Crippen LogP contribution in [0.4, 0.5) is 5.82 Å². The highest BCUT2D eigenvalue weighted by molar-refractivity contribution is 5.93. The van der Waals surface area contributed by atoms with E-state index in [1.54, 1.807) is 12.4 Å². The van der Waals surface area contributed by atoms with E-state index in [1.165, 1.54) is 6.33 Å². The summed E-state index contributed by atoms with van der Waals surface area (Å²) in [7, 11) is 3.80. The van der Waals surface area contributed by atoms with Crippen molar-refractivity contribution in [3.05, 3.63) is 30.7 Å². The third kappa shape index (κ3) is 4.65. The first-order valence-corrected chi connectivity index (χ1v) is 9.62. The van der Waals surface area contributed by atoms with Gasteiger partial charge in [-0.05, 0) is 0 Å². The number of rotatable bonds is 7. The zero-order chi connectivity index (χ0) is 20.8. The van der Waals surface area contributed by atoms with Gasteiger partial charge in [0.15, 0.2) is 5.82 Å².